The first-order chi connectivity index (χ1) is 16.5. The molecule has 2 rings (SSSR count). The third-order valence-electron chi connectivity index (χ3n) is 4.65. The highest BCUT2D eigenvalue weighted by molar-refractivity contribution is 6.47. The molecule has 0 heterocycles. The van der Waals surface area contributed by atoms with Gasteiger partial charge in [-0.2, -0.15) is 0 Å². The Hall–Kier alpha value is -4.21. The Labute approximate surface area is 198 Å². The van der Waals surface area contributed by atoms with E-state index < -0.39 is 0 Å². The molecule has 34 heavy (non-hydrogen) atoms. The summed E-state index contributed by atoms with van der Waals surface area (Å²) in [6.45, 7) is 3.71. The molecule has 0 fully saturated rings. The molecule has 0 unspecified atom stereocenters. The number of carbonyl (C=O) groups excluding carboxylic acids is 1. The van der Waals surface area contributed by atoms with Gasteiger partial charge in [0, 0.05) is 23.7 Å². The molecule has 0 spiro atoms. The number of likely N-dealkylation sites (N-methyl/N-ethyl adjacent to an activating group) is 1. The molecule has 180 valence electrons. The van der Waals surface area contributed by atoms with Gasteiger partial charge in [0.1, 0.15) is 39.4 Å². The molecule has 0 aliphatic carbocycles. The minimum absolute atomic E-state index is 0.0963. The number of hydrogen-bond donors (Lipinski definition) is 1. The average Bonchev–Trinajstić information content (AvgIpc) is 2.86. The molecule has 2 aromatic rings. The fourth-order valence-corrected chi connectivity index (χ4v) is 3.02. The number of hydrogen-bond acceptors (Lipinski definition) is 9. The number of benzene rings is 2. The van der Waals surface area contributed by atoms with E-state index >= 15 is 0 Å². The van der Waals surface area contributed by atoms with Crippen molar-refractivity contribution in [2.75, 3.05) is 28.4 Å². The highest BCUT2D eigenvalue weighted by Gasteiger charge is 2.17. The zero-order chi connectivity index (χ0) is 24.9. The molecule has 0 atom stereocenters. The van der Waals surface area contributed by atoms with Gasteiger partial charge in [-0.3, -0.25) is 4.79 Å². The maximum absolute atomic E-state index is 12.2. The topological polar surface area (TPSA) is 115 Å². The van der Waals surface area contributed by atoms with Crippen molar-refractivity contribution in [1.82, 2.24) is 5.32 Å². The SMILES string of the molecule is CNC(=O)/C(=N/OC)c1ccccc1CO/N=C(C)/C(=N/OC)c1ccc(/C(C)=N/OC)cc1. The number of amides is 1. The standard InChI is InChI=1S/C24H29N5O5/c1-16(26-31-4)18-11-13-19(14-12-18)22(28-32-5)17(2)27-34-15-20-9-7-8-10-21(20)23(29-33-6)24(30)25-3/h7-14H,15H2,1-6H3,(H,25,30)/b26-16+,27-17+,28-22-,29-23+. The number of nitrogens with zero attached hydrogens (tertiary/aromatic N) is 4. The first-order valence-corrected chi connectivity index (χ1v) is 10.3. The van der Waals surface area contributed by atoms with E-state index in [0.717, 1.165) is 16.8 Å². The van der Waals surface area contributed by atoms with Crippen molar-refractivity contribution in [3.05, 3.63) is 70.8 Å². The van der Waals surface area contributed by atoms with Crippen molar-refractivity contribution in [1.29, 1.82) is 0 Å². The monoisotopic (exact) mass is 467 g/mol. The number of nitrogens with one attached hydrogen (secondary N) is 1. The predicted molar refractivity (Wildman–Crippen MR) is 131 cm³/mol. The largest absolute Gasteiger partial charge is 0.399 e. The summed E-state index contributed by atoms with van der Waals surface area (Å²) < 4.78 is 0. The molecule has 0 aromatic heterocycles. The van der Waals surface area contributed by atoms with Crippen molar-refractivity contribution >= 4 is 28.8 Å². The highest BCUT2D eigenvalue weighted by Crippen LogP contribution is 2.14. The summed E-state index contributed by atoms with van der Waals surface area (Å²) in [6, 6.07) is 14.8. The molecule has 1 amide bonds. The van der Waals surface area contributed by atoms with Crippen molar-refractivity contribution in [3.63, 3.8) is 0 Å². The molecule has 1 N–H and O–H groups in total. The van der Waals surface area contributed by atoms with Crippen molar-refractivity contribution < 1.29 is 24.1 Å². The van der Waals surface area contributed by atoms with Gasteiger partial charge in [0.15, 0.2) is 5.71 Å². The van der Waals surface area contributed by atoms with Crippen molar-refractivity contribution in [2.45, 2.75) is 20.5 Å². The molecular formula is C24H29N5O5. The lowest BCUT2D eigenvalue weighted by atomic mass is 10.0. The van der Waals surface area contributed by atoms with Crippen LogP contribution >= 0.6 is 0 Å². The van der Waals surface area contributed by atoms with E-state index in [4.69, 9.17) is 19.4 Å². The van der Waals surface area contributed by atoms with Crippen LogP contribution in [0, 0.1) is 0 Å². The first-order valence-electron chi connectivity index (χ1n) is 10.3. The van der Waals surface area contributed by atoms with Gasteiger partial charge in [-0.05, 0) is 19.4 Å². The average molecular weight is 468 g/mol. The maximum Gasteiger partial charge on any atom is 0.273 e. The fraction of sp³-hybridized carbons (Fsp3) is 0.292. The van der Waals surface area contributed by atoms with Gasteiger partial charge < -0.3 is 24.7 Å². The Kier molecular flexibility index (Phi) is 10.2. The molecule has 0 aliphatic rings. The minimum Gasteiger partial charge on any atom is -0.399 e. The van der Waals surface area contributed by atoms with Gasteiger partial charge in [0.25, 0.3) is 5.91 Å². The summed E-state index contributed by atoms with van der Waals surface area (Å²) >= 11 is 0. The third kappa shape index (κ3) is 6.89. The van der Waals surface area contributed by atoms with Gasteiger partial charge >= 0.3 is 0 Å². The van der Waals surface area contributed by atoms with Crippen LogP contribution in [0.3, 0.4) is 0 Å². The number of carbonyl (C=O) groups is 1. The van der Waals surface area contributed by atoms with Gasteiger partial charge in [0.2, 0.25) is 0 Å². The summed E-state index contributed by atoms with van der Waals surface area (Å²) in [4.78, 5) is 32.5. The predicted octanol–water partition coefficient (Wildman–Crippen LogP) is 3.10. The van der Waals surface area contributed by atoms with E-state index in [9.17, 15) is 4.79 Å². The molecule has 10 heteroatoms. The third-order valence-corrected chi connectivity index (χ3v) is 4.65. The Bertz CT molecular complexity index is 1090. The van der Waals surface area contributed by atoms with Crippen LogP contribution in [0.5, 0.6) is 0 Å². The Morgan fingerprint density at radius 2 is 1.38 bits per heavy atom. The quantitative estimate of drug-likeness (QED) is 0.403. The van der Waals surface area contributed by atoms with Crippen LogP contribution in [0.1, 0.15) is 36.1 Å². The summed E-state index contributed by atoms with van der Waals surface area (Å²) in [5, 5.41) is 18.6. The van der Waals surface area contributed by atoms with Crippen LogP contribution in [-0.2, 0) is 30.8 Å². The summed E-state index contributed by atoms with van der Waals surface area (Å²) in [7, 11) is 5.87. The zero-order valence-electron chi connectivity index (χ0n) is 20.2. The molecule has 2 aromatic carbocycles. The number of rotatable bonds is 11. The Morgan fingerprint density at radius 1 is 0.794 bits per heavy atom. The fourth-order valence-electron chi connectivity index (χ4n) is 3.02. The van der Waals surface area contributed by atoms with E-state index in [1.807, 2.05) is 43.3 Å². The smallest absolute Gasteiger partial charge is 0.273 e. The zero-order valence-corrected chi connectivity index (χ0v) is 20.2. The van der Waals surface area contributed by atoms with Gasteiger partial charge in [-0.15, -0.1) is 0 Å². The second kappa shape index (κ2) is 13.4. The second-order valence-corrected chi connectivity index (χ2v) is 6.87. The lowest BCUT2D eigenvalue weighted by Crippen LogP contribution is -2.29. The lowest BCUT2D eigenvalue weighted by molar-refractivity contribution is -0.114. The molecule has 0 aliphatic heterocycles. The van der Waals surface area contributed by atoms with Crippen LogP contribution in [0.25, 0.3) is 0 Å². The van der Waals surface area contributed by atoms with Crippen LogP contribution in [0.4, 0.5) is 0 Å². The van der Waals surface area contributed by atoms with Gasteiger partial charge in [-0.25, -0.2) is 0 Å². The van der Waals surface area contributed by atoms with Crippen LogP contribution in [-0.4, -0.2) is 57.1 Å². The van der Waals surface area contributed by atoms with E-state index in [1.54, 1.807) is 19.1 Å². The molecule has 0 bridgehead atoms. The number of oxime groups is 4. The Morgan fingerprint density at radius 3 is 2.00 bits per heavy atom. The van der Waals surface area contributed by atoms with E-state index in [0.29, 0.717) is 22.6 Å². The summed E-state index contributed by atoms with van der Waals surface area (Å²) in [5.74, 6) is -0.377. The van der Waals surface area contributed by atoms with Crippen molar-refractivity contribution in [3.8, 4) is 0 Å². The van der Waals surface area contributed by atoms with Crippen LogP contribution in [0.15, 0.2) is 69.2 Å². The highest BCUT2D eigenvalue weighted by atomic mass is 16.6. The van der Waals surface area contributed by atoms with Crippen LogP contribution in [0.2, 0.25) is 0 Å². The van der Waals surface area contributed by atoms with E-state index in [1.165, 1.54) is 28.4 Å². The van der Waals surface area contributed by atoms with E-state index in [-0.39, 0.29) is 18.2 Å². The maximum atomic E-state index is 12.2. The summed E-state index contributed by atoms with van der Waals surface area (Å²) in [6.07, 6.45) is 0. The summed E-state index contributed by atoms with van der Waals surface area (Å²) in [5.41, 5.74) is 4.89. The van der Waals surface area contributed by atoms with Crippen LogP contribution < -0.4 is 5.32 Å². The van der Waals surface area contributed by atoms with Crippen molar-refractivity contribution in [2.24, 2.45) is 20.6 Å². The first kappa shape index (κ1) is 26.0. The molecule has 0 saturated heterocycles. The minimum atomic E-state index is -0.377. The van der Waals surface area contributed by atoms with Gasteiger partial charge in [0.05, 0.1) is 5.71 Å². The normalized spacial score (nSPS) is 12.8. The second-order valence-electron chi connectivity index (χ2n) is 6.87. The lowest BCUT2D eigenvalue weighted by Gasteiger charge is -2.11. The van der Waals surface area contributed by atoms with E-state index in [2.05, 4.69) is 25.9 Å². The molecule has 0 saturated carbocycles. The Balaban J connectivity index is 2.24. The molecule has 10 nitrogen and oxygen atoms in total. The van der Waals surface area contributed by atoms with Gasteiger partial charge in [-0.1, -0.05) is 69.2 Å². The molecular weight excluding hydrogens is 438 g/mol. The molecule has 0 radical (unpaired) electrons.